The van der Waals surface area contributed by atoms with Crippen molar-refractivity contribution in [2.45, 2.75) is 19.4 Å². The minimum Gasteiger partial charge on any atom is -0.387 e. The molecule has 0 aliphatic carbocycles. The molecule has 1 nitrogen and oxygen atoms in total. The normalized spacial score (nSPS) is 12.7. The van der Waals surface area contributed by atoms with E-state index in [1.807, 2.05) is 12.3 Å². The summed E-state index contributed by atoms with van der Waals surface area (Å²) in [5, 5.41) is 12.6. The molecule has 1 aromatic heterocycles. The second-order valence-electron chi connectivity index (χ2n) is 4.09. The molecule has 0 saturated heterocycles. The van der Waals surface area contributed by atoms with Crippen molar-refractivity contribution in [1.29, 1.82) is 0 Å². The van der Waals surface area contributed by atoms with Crippen molar-refractivity contribution in [2.75, 3.05) is 0 Å². The first kappa shape index (κ1) is 14.0. The topological polar surface area (TPSA) is 20.2 Å². The average molecular weight is 350 g/mol. The maximum atomic E-state index is 13.2. The van der Waals surface area contributed by atoms with Crippen LogP contribution >= 0.6 is 38.9 Å². The van der Waals surface area contributed by atoms with Crippen LogP contribution in [0.2, 0.25) is 5.02 Å². The summed E-state index contributed by atoms with van der Waals surface area (Å²) < 4.78 is 13.9. The summed E-state index contributed by atoms with van der Waals surface area (Å²) in [6.07, 6.45) is -0.361. The number of aliphatic hydroxyl groups excluding tert-OH is 1. The van der Waals surface area contributed by atoms with Gasteiger partial charge < -0.3 is 5.11 Å². The Labute approximate surface area is 122 Å². The van der Waals surface area contributed by atoms with Gasteiger partial charge in [0.25, 0.3) is 0 Å². The molecule has 96 valence electrons. The Bertz CT molecular complexity index is 550. The number of halogens is 3. The molecule has 18 heavy (non-hydrogen) atoms. The molecule has 2 aromatic rings. The standard InChI is InChI=1S/C13H11BrClFOS/c1-7-6-18-13(12(7)15)11(17)4-8-2-9(14)5-10(16)3-8/h2-3,5-6,11,17H,4H2,1H3. The maximum absolute atomic E-state index is 13.2. The molecule has 0 amide bonds. The molecule has 5 heteroatoms. The lowest BCUT2D eigenvalue weighted by Crippen LogP contribution is -2.01. The number of rotatable bonds is 3. The molecule has 0 spiro atoms. The van der Waals surface area contributed by atoms with Gasteiger partial charge in [-0.25, -0.2) is 4.39 Å². The van der Waals surface area contributed by atoms with E-state index in [2.05, 4.69) is 15.9 Å². The molecule has 0 radical (unpaired) electrons. The first-order chi connectivity index (χ1) is 8.47. The molecule has 1 heterocycles. The molecule has 1 N–H and O–H groups in total. The van der Waals surface area contributed by atoms with E-state index in [-0.39, 0.29) is 5.82 Å². The highest BCUT2D eigenvalue weighted by atomic mass is 79.9. The molecule has 0 aliphatic rings. The van der Waals surface area contributed by atoms with E-state index in [9.17, 15) is 9.50 Å². The Morgan fingerprint density at radius 2 is 2.17 bits per heavy atom. The minimum absolute atomic E-state index is 0.319. The summed E-state index contributed by atoms with van der Waals surface area (Å²) >= 11 is 10.8. The van der Waals surface area contributed by atoms with Crippen LogP contribution in [0.25, 0.3) is 0 Å². The zero-order valence-electron chi connectivity index (χ0n) is 9.58. The number of hydrogen-bond acceptors (Lipinski definition) is 2. The van der Waals surface area contributed by atoms with Crippen LogP contribution in [0, 0.1) is 12.7 Å². The Morgan fingerprint density at radius 1 is 1.44 bits per heavy atom. The fourth-order valence-corrected chi connectivity index (χ4v) is 3.54. The second-order valence-corrected chi connectivity index (χ2v) is 6.30. The van der Waals surface area contributed by atoms with Crippen LogP contribution in [-0.2, 0) is 6.42 Å². The Morgan fingerprint density at radius 3 is 2.72 bits per heavy atom. The number of hydrogen-bond donors (Lipinski definition) is 1. The molecular weight excluding hydrogens is 339 g/mol. The highest BCUT2D eigenvalue weighted by Gasteiger charge is 2.16. The van der Waals surface area contributed by atoms with Crippen molar-refractivity contribution < 1.29 is 9.50 Å². The first-order valence-corrected chi connectivity index (χ1v) is 7.39. The van der Waals surface area contributed by atoms with Crippen LogP contribution in [0.4, 0.5) is 4.39 Å². The quantitative estimate of drug-likeness (QED) is 0.836. The molecule has 0 saturated carbocycles. The van der Waals surface area contributed by atoms with Crippen molar-refractivity contribution in [3.05, 3.63) is 54.9 Å². The van der Waals surface area contributed by atoms with Gasteiger partial charge in [-0.2, -0.15) is 0 Å². The minimum atomic E-state index is -0.704. The summed E-state index contributed by atoms with van der Waals surface area (Å²) in [7, 11) is 0. The van der Waals surface area contributed by atoms with E-state index in [4.69, 9.17) is 11.6 Å². The lowest BCUT2D eigenvalue weighted by atomic mass is 10.1. The third-order valence-corrected chi connectivity index (χ3v) is 4.85. The van der Waals surface area contributed by atoms with Gasteiger partial charge in [0.1, 0.15) is 5.82 Å². The average Bonchev–Trinajstić information content (AvgIpc) is 2.58. The van der Waals surface area contributed by atoms with E-state index in [0.29, 0.717) is 15.9 Å². The van der Waals surface area contributed by atoms with E-state index >= 15 is 0 Å². The molecule has 1 atom stereocenters. The monoisotopic (exact) mass is 348 g/mol. The van der Waals surface area contributed by atoms with Gasteiger partial charge in [0.2, 0.25) is 0 Å². The van der Waals surface area contributed by atoms with Gasteiger partial charge in [-0.3, -0.25) is 0 Å². The van der Waals surface area contributed by atoms with Gasteiger partial charge in [-0.05, 0) is 41.6 Å². The largest absolute Gasteiger partial charge is 0.387 e. The summed E-state index contributed by atoms with van der Waals surface area (Å²) in [5.41, 5.74) is 1.69. The first-order valence-electron chi connectivity index (χ1n) is 5.34. The molecule has 1 unspecified atom stereocenters. The van der Waals surface area contributed by atoms with Crippen LogP contribution in [0.1, 0.15) is 22.1 Å². The molecule has 1 aromatic carbocycles. The smallest absolute Gasteiger partial charge is 0.124 e. The van der Waals surface area contributed by atoms with E-state index < -0.39 is 6.10 Å². The van der Waals surface area contributed by atoms with Crippen molar-refractivity contribution >= 4 is 38.9 Å². The predicted molar refractivity (Wildman–Crippen MR) is 76.8 cm³/mol. The fraction of sp³-hybridized carbons (Fsp3) is 0.231. The number of aliphatic hydroxyl groups is 1. The Hall–Kier alpha value is -0.420. The van der Waals surface area contributed by atoms with Crippen molar-refractivity contribution in [3.8, 4) is 0 Å². The van der Waals surface area contributed by atoms with Crippen LogP contribution in [0.5, 0.6) is 0 Å². The predicted octanol–water partition coefficient (Wildman–Crippen LogP) is 4.89. The fourth-order valence-electron chi connectivity index (χ4n) is 1.72. The van der Waals surface area contributed by atoms with Crippen LogP contribution in [0.3, 0.4) is 0 Å². The highest BCUT2D eigenvalue weighted by Crippen LogP contribution is 2.34. The van der Waals surface area contributed by atoms with Crippen molar-refractivity contribution in [1.82, 2.24) is 0 Å². The lowest BCUT2D eigenvalue weighted by Gasteiger charge is -2.10. The number of benzene rings is 1. The highest BCUT2D eigenvalue weighted by molar-refractivity contribution is 9.10. The molecule has 0 aliphatic heterocycles. The zero-order valence-corrected chi connectivity index (χ0v) is 12.7. The third-order valence-electron chi connectivity index (χ3n) is 2.58. The summed E-state index contributed by atoms with van der Waals surface area (Å²) in [6, 6.07) is 4.60. The maximum Gasteiger partial charge on any atom is 0.124 e. The lowest BCUT2D eigenvalue weighted by molar-refractivity contribution is 0.182. The van der Waals surface area contributed by atoms with Gasteiger partial charge in [-0.15, -0.1) is 11.3 Å². The van der Waals surface area contributed by atoms with Gasteiger partial charge in [0, 0.05) is 10.9 Å². The van der Waals surface area contributed by atoms with Crippen LogP contribution in [0.15, 0.2) is 28.1 Å². The zero-order chi connectivity index (χ0) is 13.3. The third kappa shape index (κ3) is 3.12. The van der Waals surface area contributed by atoms with Gasteiger partial charge in [0.15, 0.2) is 0 Å². The van der Waals surface area contributed by atoms with Gasteiger partial charge in [-0.1, -0.05) is 27.5 Å². The molecular formula is C13H11BrClFOS. The van der Waals surface area contributed by atoms with E-state index in [1.165, 1.54) is 23.5 Å². The van der Waals surface area contributed by atoms with E-state index in [1.54, 1.807) is 6.07 Å². The molecule has 2 rings (SSSR count). The Balaban J connectivity index is 2.21. The van der Waals surface area contributed by atoms with Gasteiger partial charge >= 0.3 is 0 Å². The summed E-state index contributed by atoms with van der Waals surface area (Å²) in [4.78, 5) is 0.731. The molecule has 0 fully saturated rings. The van der Waals surface area contributed by atoms with Crippen molar-refractivity contribution in [3.63, 3.8) is 0 Å². The van der Waals surface area contributed by atoms with Crippen LogP contribution in [-0.4, -0.2) is 5.11 Å². The second kappa shape index (κ2) is 5.70. The van der Waals surface area contributed by atoms with Gasteiger partial charge in [0.05, 0.1) is 16.0 Å². The number of aryl methyl sites for hydroxylation is 1. The van der Waals surface area contributed by atoms with Crippen molar-refractivity contribution in [2.24, 2.45) is 0 Å². The molecule has 0 bridgehead atoms. The summed E-state index contributed by atoms with van der Waals surface area (Å²) in [5.74, 6) is -0.319. The van der Waals surface area contributed by atoms with Crippen LogP contribution < -0.4 is 0 Å². The SMILES string of the molecule is Cc1csc(C(O)Cc2cc(F)cc(Br)c2)c1Cl. The Kier molecular flexibility index (Phi) is 4.43. The number of thiophene rings is 1. The van der Waals surface area contributed by atoms with E-state index in [0.717, 1.165) is 16.0 Å². The summed E-state index contributed by atoms with van der Waals surface area (Å²) in [6.45, 7) is 1.90.